The van der Waals surface area contributed by atoms with Gasteiger partial charge in [-0.25, -0.2) is 0 Å². The molecule has 0 aliphatic rings. The number of nitrogens with one attached hydrogen (secondary N) is 1. The summed E-state index contributed by atoms with van der Waals surface area (Å²) in [6.07, 6.45) is 3.28. The molecule has 0 fully saturated rings. The van der Waals surface area contributed by atoms with Gasteiger partial charge in [-0.15, -0.1) is 6.58 Å². The minimum Gasteiger partial charge on any atom is -0.465 e. The Hall–Kier alpha value is -1.61. The molecule has 1 unspecified atom stereocenters. The van der Waals surface area contributed by atoms with Crippen molar-refractivity contribution in [1.29, 1.82) is 0 Å². The van der Waals surface area contributed by atoms with Crippen molar-refractivity contribution in [2.24, 2.45) is 0 Å². The Bertz CT molecular complexity index is 402. The molecule has 0 amide bonds. The predicted octanol–water partition coefficient (Wildman–Crippen LogP) is 2.72. The Morgan fingerprint density at radius 2 is 2.11 bits per heavy atom. The van der Waals surface area contributed by atoms with Gasteiger partial charge in [0.1, 0.15) is 5.54 Å². The first-order valence-corrected chi connectivity index (χ1v) is 6.69. The molecule has 1 N–H and O–H groups in total. The average Bonchev–Trinajstić information content (AvgIpc) is 2.44. The van der Waals surface area contributed by atoms with Crippen molar-refractivity contribution in [3.63, 3.8) is 0 Å². The van der Waals surface area contributed by atoms with Gasteiger partial charge in [-0.05, 0) is 32.3 Å². The summed E-state index contributed by atoms with van der Waals surface area (Å²) in [5.74, 6) is -0.201. The second kappa shape index (κ2) is 7.74. The number of hydrogen-bond acceptors (Lipinski definition) is 3. The normalized spacial score (nSPS) is 13.6. The third-order valence-corrected chi connectivity index (χ3v) is 3.12. The van der Waals surface area contributed by atoms with E-state index >= 15 is 0 Å². The Balaban J connectivity index is 2.68. The van der Waals surface area contributed by atoms with Crippen LogP contribution in [0.15, 0.2) is 43.0 Å². The molecule has 0 aromatic heterocycles. The van der Waals surface area contributed by atoms with Crippen LogP contribution in [0.1, 0.15) is 25.8 Å². The maximum absolute atomic E-state index is 12.1. The molecule has 19 heavy (non-hydrogen) atoms. The van der Waals surface area contributed by atoms with Gasteiger partial charge in [0.15, 0.2) is 0 Å². The van der Waals surface area contributed by atoms with Gasteiger partial charge in [0, 0.05) is 6.54 Å². The monoisotopic (exact) mass is 261 g/mol. The summed E-state index contributed by atoms with van der Waals surface area (Å²) >= 11 is 0. The van der Waals surface area contributed by atoms with Crippen LogP contribution < -0.4 is 5.32 Å². The second-order valence-corrected chi connectivity index (χ2v) is 4.71. The highest BCUT2D eigenvalue weighted by Crippen LogP contribution is 2.16. The Labute approximate surface area is 115 Å². The number of benzene rings is 1. The zero-order chi connectivity index (χ0) is 14.1. The van der Waals surface area contributed by atoms with E-state index in [-0.39, 0.29) is 5.97 Å². The van der Waals surface area contributed by atoms with Crippen molar-refractivity contribution in [2.45, 2.75) is 32.2 Å². The van der Waals surface area contributed by atoms with E-state index in [4.69, 9.17) is 4.74 Å². The lowest BCUT2D eigenvalue weighted by Crippen LogP contribution is -2.50. The minimum atomic E-state index is -0.667. The van der Waals surface area contributed by atoms with Crippen LogP contribution in [-0.4, -0.2) is 24.7 Å². The molecule has 1 aromatic rings. The third-order valence-electron chi connectivity index (χ3n) is 3.12. The molecule has 1 rings (SSSR count). The lowest BCUT2D eigenvalue weighted by Gasteiger charge is -2.28. The van der Waals surface area contributed by atoms with Crippen LogP contribution >= 0.6 is 0 Å². The topological polar surface area (TPSA) is 38.3 Å². The van der Waals surface area contributed by atoms with Crippen LogP contribution in [0.4, 0.5) is 0 Å². The first-order valence-electron chi connectivity index (χ1n) is 6.69. The van der Waals surface area contributed by atoms with Crippen molar-refractivity contribution in [3.8, 4) is 0 Å². The van der Waals surface area contributed by atoms with Crippen molar-refractivity contribution >= 4 is 5.97 Å². The zero-order valence-electron chi connectivity index (χ0n) is 11.8. The minimum absolute atomic E-state index is 0.201. The Morgan fingerprint density at radius 3 is 2.68 bits per heavy atom. The molecule has 3 nitrogen and oxygen atoms in total. The summed E-state index contributed by atoms with van der Waals surface area (Å²) in [5, 5.41) is 3.21. The summed E-state index contributed by atoms with van der Waals surface area (Å²) in [5.41, 5.74) is 0.554. The maximum atomic E-state index is 12.1. The highest BCUT2D eigenvalue weighted by molar-refractivity contribution is 5.80. The molecule has 0 radical (unpaired) electrons. The lowest BCUT2D eigenvalue weighted by atomic mass is 9.93. The zero-order valence-corrected chi connectivity index (χ0v) is 11.8. The van der Waals surface area contributed by atoms with E-state index in [0.717, 1.165) is 6.42 Å². The largest absolute Gasteiger partial charge is 0.465 e. The first kappa shape index (κ1) is 15.4. The number of aryl methyl sites for hydroxylation is 1. The van der Waals surface area contributed by atoms with E-state index in [1.165, 1.54) is 5.56 Å². The number of rotatable bonds is 8. The molecule has 0 spiro atoms. The van der Waals surface area contributed by atoms with E-state index in [0.29, 0.717) is 19.6 Å². The molecular weight excluding hydrogens is 238 g/mol. The molecule has 0 saturated carbocycles. The maximum Gasteiger partial charge on any atom is 0.326 e. The number of esters is 1. The predicted molar refractivity (Wildman–Crippen MR) is 78.0 cm³/mol. The Morgan fingerprint density at radius 1 is 1.42 bits per heavy atom. The fourth-order valence-corrected chi connectivity index (χ4v) is 1.89. The van der Waals surface area contributed by atoms with Crippen molar-refractivity contribution in [2.75, 3.05) is 13.2 Å². The summed E-state index contributed by atoms with van der Waals surface area (Å²) < 4.78 is 5.16. The summed E-state index contributed by atoms with van der Waals surface area (Å²) in [7, 11) is 0. The van der Waals surface area contributed by atoms with E-state index < -0.39 is 5.54 Å². The van der Waals surface area contributed by atoms with Gasteiger partial charge in [-0.1, -0.05) is 36.4 Å². The molecular formula is C16H23NO2. The summed E-state index contributed by atoms with van der Waals surface area (Å²) in [4.78, 5) is 12.1. The number of carbonyl (C=O) groups excluding carboxylic acids is 1. The van der Waals surface area contributed by atoms with E-state index in [1.807, 2.05) is 32.0 Å². The molecule has 0 aliphatic heterocycles. The third kappa shape index (κ3) is 4.87. The second-order valence-electron chi connectivity index (χ2n) is 4.71. The Kier molecular flexibility index (Phi) is 6.30. The molecule has 0 saturated heterocycles. The number of ether oxygens (including phenoxy) is 1. The quantitative estimate of drug-likeness (QED) is 0.577. The molecule has 0 heterocycles. The lowest BCUT2D eigenvalue weighted by molar-refractivity contribution is -0.150. The van der Waals surface area contributed by atoms with Gasteiger partial charge in [0.2, 0.25) is 0 Å². The fourth-order valence-electron chi connectivity index (χ4n) is 1.89. The van der Waals surface area contributed by atoms with Crippen LogP contribution in [0, 0.1) is 0 Å². The average molecular weight is 261 g/mol. The van der Waals surface area contributed by atoms with Gasteiger partial charge in [0.05, 0.1) is 6.61 Å². The molecule has 1 aromatic carbocycles. The molecule has 3 heteroatoms. The first-order chi connectivity index (χ1) is 9.12. The van der Waals surface area contributed by atoms with Gasteiger partial charge in [0.25, 0.3) is 0 Å². The molecule has 0 bridgehead atoms. The highest BCUT2D eigenvalue weighted by Gasteiger charge is 2.33. The summed E-state index contributed by atoms with van der Waals surface area (Å²) in [6, 6.07) is 10.1. The van der Waals surface area contributed by atoms with E-state index in [9.17, 15) is 4.79 Å². The summed E-state index contributed by atoms with van der Waals surface area (Å²) in [6.45, 7) is 8.37. The van der Waals surface area contributed by atoms with Crippen LogP contribution in [0.25, 0.3) is 0 Å². The van der Waals surface area contributed by atoms with Gasteiger partial charge in [-0.2, -0.15) is 0 Å². The molecule has 0 aliphatic carbocycles. The van der Waals surface area contributed by atoms with E-state index in [2.05, 4.69) is 24.0 Å². The van der Waals surface area contributed by atoms with Crippen molar-refractivity contribution in [1.82, 2.24) is 5.32 Å². The van der Waals surface area contributed by atoms with Crippen LogP contribution in [0.3, 0.4) is 0 Å². The standard InChI is InChI=1S/C16H23NO2/c1-4-13-17-16(3,15(18)19-5-2)12-11-14-9-7-6-8-10-14/h4,6-10,17H,1,5,11-13H2,2-3H3. The SMILES string of the molecule is C=CCNC(C)(CCc1ccccc1)C(=O)OCC. The molecule has 104 valence electrons. The smallest absolute Gasteiger partial charge is 0.326 e. The van der Waals surface area contributed by atoms with Crippen LogP contribution in [0.5, 0.6) is 0 Å². The fraction of sp³-hybridized carbons (Fsp3) is 0.438. The van der Waals surface area contributed by atoms with Crippen molar-refractivity contribution in [3.05, 3.63) is 48.6 Å². The van der Waals surface area contributed by atoms with Gasteiger partial charge >= 0.3 is 5.97 Å². The molecule has 1 atom stereocenters. The number of hydrogen-bond donors (Lipinski definition) is 1. The highest BCUT2D eigenvalue weighted by atomic mass is 16.5. The van der Waals surface area contributed by atoms with Crippen LogP contribution in [-0.2, 0) is 16.0 Å². The van der Waals surface area contributed by atoms with E-state index in [1.54, 1.807) is 6.08 Å². The van der Waals surface area contributed by atoms with Crippen molar-refractivity contribution < 1.29 is 9.53 Å². The number of carbonyl (C=O) groups is 1. The van der Waals surface area contributed by atoms with Crippen LogP contribution in [0.2, 0.25) is 0 Å². The van der Waals surface area contributed by atoms with Gasteiger partial charge < -0.3 is 4.74 Å². The van der Waals surface area contributed by atoms with Gasteiger partial charge in [-0.3, -0.25) is 10.1 Å².